The molecule has 1 aliphatic heterocycles. The minimum atomic E-state index is -0.699. The molecule has 1 heterocycles. The summed E-state index contributed by atoms with van der Waals surface area (Å²) in [5.41, 5.74) is 1.61. The molecule has 5 rings (SSSR count). The van der Waals surface area contributed by atoms with Crippen LogP contribution in [0.1, 0.15) is 16.8 Å². The third-order valence-corrected chi connectivity index (χ3v) is 6.49. The average molecular weight is 565 g/mol. The molecule has 168 valence electrons. The minimum absolute atomic E-state index is 0.0105. The van der Waals surface area contributed by atoms with E-state index < -0.39 is 23.5 Å². The van der Waals surface area contributed by atoms with Crippen molar-refractivity contribution in [3.8, 4) is 0 Å². The number of amides is 3. The highest BCUT2D eigenvalue weighted by Crippen LogP contribution is 2.40. The molecule has 3 amide bonds. The Labute approximate surface area is 207 Å². The molecular formula is C26H17FIN3O3. The molecule has 34 heavy (non-hydrogen) atoms. The zero-order chi connectivity index (χ0) is 23.8. The zero-order valence-corrected chi connectivity index (χ0v) is 19.8. The SMILES string of the molecule is O=C1CC(=O)N(c2ccc(NC(=O)c3ccccc3I)c(F)c2)c2ccc3ccccc3c2N1. The van der Waals surface area contributed by atoms with Gasteiger partial charge in [-0.25, -0.2) is 4.39 Å². The highest BCUT2D eigenvalue weighted by Gasteiger charge is 2.29. The lowest BCUT2D eigenvalue weighted by Gasteiger charge is -2.24. The molecule has 2 N–H and O–H groups in total. The predicted molar refractivity (Wildman–Crippen MR) is 138 cm³/mol. The summed E-state index contributed by atoms with van der Waals surface area (Å²) in [5.74, 6) is -2.06. The van der Waals surface area contributed by atoms with Crippen LogP contribution in [-0.2, 0) is 9.59 Å². The number of anilines is 4. The molecule has 1 aliphatic rings. The lowest BCUT2D eigenvalue weighted by molar-refractivity contribution is -0.124. The Morgan fingerprint density at radius 3 is 2.53 bits per heavy atom. The Hall–Kier alpha value is -3.79. The molecule has 8 heteroatoms. The summed E-state index contributed by atoms with van der Waals surface area (Å²) < 4.78 is 15.8. The van der Waals surface area contributed by atoms with Crippen molar-refractivity contribution in [1.82, 2.24) is 0 Å². The Kier molecular flexibility index (Phi) is 5.74. The molecule has 0 atom stereocenters. The lowest BCUT2D eigenvalue weighted by Crippen LogP contribution is -2.26. The number of carbonyl (C=O) groups excluding carboxylic acids is 3. The summed E-state index contributed by atoms with van der Waals surface area (Å²) in [6.45, 7) is 0. The van der Waals surface area contributed by atoms with E-state index in [-0.39, 0.29) is 17.8 Å². The Bertz CT molecular complexity index is 1490. The molecule has 6 nitrogen and oxygen atoms in total. The maximum Gasteiger partial charge on any atom is 0.256 e. The van der Waals surface area contributed by atoms with Crippen LogP contribution in [0.3, 0.4) is 0 Å². The fourth-order valence-electron chi connectivity index (χ4n) is 3.97. The van der Waals surface area contributed by atoms with Gasteiger partial charge in [0.2, 0.25) is 11.8 Å². The Morgan fingerprint density at radius 2 is 1.74 bits per heavy atom. The summed E-state index contributed by atoms with van der Waals surface area (Å²) in [5, 5.41) is 7.07. The van der Waals surface area contributed by atoms with Crippen LogP contribution < -0.4 is 15.5 Å². The lowest BCUT2D eigenvalue weighted by atomic mass is 10.1. The van der Waals surface area contributed by atoms with Gasteiger partial charge in [0.05, 0.1) is 28.3 Å². The van der Waals surface area contributed by atoms with Gasteiger partial charge in [-0.05, 0) is 58.3 Å². The van der Waals surface area contributed by atoms with E-state index in [9.17, 15) is 14.4 Å². The summed E-state index contributed by atoms with van der Waals surface area (Å²) in [6.07, 6.45) is -0.379. The molecule has 0 radical (unpaired) electrons. The predicted octanol–water partition coefficient (Wildman–Crippen LogP) is 5.84. The van der Waals surface area contributed by atoms with Crippen molar-refractivity contribution in [3.05, 3.63) is 93.8 Å². The van der Waals surface area contributed by atoms with Crippen molar-refractivity contribution in [2.45, 2.75) is 6.42 Å². The average Bonchev–Trinajstić information content (AvgIpc) is 2.95. The van der Waals surface area contributed by atoms with Crippen LogP contribution in [0, 0.1) is 9.39 Å². The standard InChI is InChI=1S/C26H17FIN3O3/c27-19-13-16(10-11-21(19)29-26(34)18-7-3-4-8-20(18)28)31-22-12-9-15-5-1-2-6-17(15)25(22)30-23(32)14-24(31)33/h1-13H,14H2,(H,29,34)(H,30,32). The molecule has 0 saturated carbocycles. The van der Waals surface area contributed by atoms with Crippen LogP contribution in [-0.4, -0.2) is 17.7 Å². The highest BCUT2D eigenvalue weighted by atomic mass is 127. The van der Waals surface area contributed by atoms with Crippen molar-refractivity contribution < 1.29 is 18.8 Å². The van der Waals surface area contributed by atoms with Crippen LogP contribution in [0.25, 0.3) is 10.8 Å². The second-order valence-corrected chi connectivity index (χ2v) is 8.90. The Morgan fingerprint density at radius 1 is 0.971 bits per heavy atom. The summed E-state index contributed by atoms with van der Waals surface area (Å²) in [6, 6.07) is 22.2. The number of benzene rings is 4. The van der Waals surface area contributed by atoms with E-state index in [4.69, 9.17) is 0 Å². The van der Waals surface area contributed by atoms with Crippen LogP contribution in [0.2, 0.25) is 0 Å². The van der Waals surface area contributed by atoms with Crippen LogP contribution in [0.5, 0.6) is 0 Å². The first-order valence-corrected chi connectivity index (χ1v) is 11.5. The van der Waals surface area contributed by atoms with Crippen molar-refractivity contribution in [3.63, 3.8) is 0 Å². The van der Waals surface area contributed by atoms with Gasteiger partial charge in [-0.15, -0.1) is 0 Å². The monoisotopic (exact) mass is 565 g/mol. The van der Waals surface area contributed by atoms with Gasteiger partial charge in [0.1, 0.15) is 12.2 Å². The molecule has 0 bridgehead atoms. The van der Waals surface area contributed by atoms with Crippen molar-refractivity contribution in [2.24, 2.45) is 0 Å². The minimum Gasteiger partial charge on any atom is -0.323 e. The first-order valence-electron chi connectivity index (χ1n) is 10.4. The number of halogens is 2. The van der Waals surface area contributed by atoms with Crippen LogP contribution in [0.15, 0.2) is 78.9 Å². The largest absolute Gasteiger partial charge is 0.323 e. The van der Waals surface area contributed by atoms with Gasteiger partial charge < -0.3 is 10.6 Å². The van der Waals surface area contributed by atoms with Crippen molar-refractivity contribution in [1.29, 1.82) is 0 Å². The number of hydrogen-bond donors (Lipinski definition) is 2. The topological polar surface area (TPSA) is 78.5 Å². The van der Waals surface area contributed by atoms with Crippen LogP contribution in [0.4, 0.5) is 27.1 Å². The van der Waals surface area contributed by atoms with Gasteiger partial charge in [-0.1, -0.05) is 42.5 Å². The Balaban J connectivity index is 1.54. The molecule has 0 saturated heterocycles. The third kappa shape index (κ3) is 4.01. The van der Waals surface area contributed by atoms with E-state index in [1.54, 1.807) is 30.3 Å². The number of carbonyl (C=O) groups is 3. The van der Waals surface area contributed by atoms with Gasteiger partial charge in [0.25, 0.3) is 5.91 Å². The first kappa shape index (κ1) is 22.0. The smallest absolute Gasteiger partial charge is 0.256 e. The fourth-order valence-corrected chi connectivity index (χ4v) is 4.61. The van der Waals surface area contributed by atoms with Gasteiger partial charge in [0.15, 0.2) is 0 Å². The van der Waals surface area contributed by atoms with E-state index in [0.29, 0.717) is 16.9 Å². The second kappa shape index (κ2) is 8.86. The normalized spacial score (nSPS) is 13.3. The van der Waals surface area contributed by atoms with Crippen LogP contribution >= 0.6 is 22.6 Å². The number of nitrogens with one attached hydrogen (secondary N) is 2. The van der Waals surface area contributed by atoms with E-state index in [1.807, 2.05) is 59.0 Å². The quantitative estimate of drug-likeness (QED) is 0.242. The summed E-state index contributed by atoms with van der Waals surface area (Å²) >= 11 is 2.04. The first-order chi connectivity index (χ1) is 16.4. The van der Waals surface area contributed by atoms with Crippen molar-refractivity contribution >= 4 is 73.8 Å². The summed E-state index contributed by atoms with van der Waals surface area (Å²) in [4.78, 5) is 39.3. The molecule has 0 aromatic heterocycles. The molecule has 4 aromatic rings. The summed E-state index contributed by atoms with van der Waals surface area (Å²) in [7, 11) is 0. The van der Waals surface area contributed by atoms with Gasteiger partial charge in [-0.3, -0.25) is 19.3 Å². The van der Waals surface area contributed by atoms with Crippen molar-refractivity contribution in [2.75, 3.05) is 15.5 Å². The third-order valence-electron chi connectivity index (χ3n) is 5.55. The molecule has 0 fully saturated rings. The maximum atomic E-state index is 15.1. The number of hydrogen-bond acceptors (Lipinski definition) is 3. The molecule has 0 spiro atoms. The molecule has 4 aromatic carbocycles. The zero-order valence-electron chi connectivity index (χ0n) is 17.6. The van der Waals surface area contributed by atoms with Gasteiger partial charge in [-0.2, -0.15) is 0 Å². The van der Waals surface area contributed by atoms with E-state index in [2.05, 4.69) is 10.6 Å². The molecular weight excluding hydrogens is 548 g/mol. The van der Waals surface area contributed by atoms with Gasteiger partial charge >= 0.3 is 0 Å². The van der Waals surface area contributed by atoms with E-state index in [1.165, 1.54) is 17.0 Å². The van der Waals surface area contributed by atoms with E-state index in [0.717, 1.165) is 14.3 Å². The second-order valence-electron chi connectivity index (χ2n) is 7.73. The fraction of sp³-hybridized carbons (Fsp3) is 0.0385. The molecule has 0 unspecified atom stereocenters. The highest BCUT2D eigenvalue weighted by molar-refractivity contribution is 14.1. The number of rotatable bonds is 3. The molecule has 0 aliphatic carbocycles. The maximum absolute atomic E-state index is 15.1. The number of fused-ring (bicyclic) bond motifs is 3. The number of nitrogens with zero attached hydrogens (tertiary/aromatic N) is 1. The van der Waals surface area contributed by atoms with Gasteiger partial charge in [0, 0.05) is 15.0 Å². The van der Waals surface area contributed by atoms with E-state index >= 15 is 4.39 Å².